The van der Waals surface area contributed by atoms with E-state index in [1.807, 2.05) is 13.0 Å². The van der Waals surface area contributed by atoms with Gasteiger partial charge < -0.3 is 15.1 Å². The minimum atomic E-state index is 0.417. The fourth-order valence-corrected chi connectivity index (χ4v) is 2.35. The van der Waals surface area contributed by atoms with E-state index in [-0.39, 0.29) is 0 Å². The fourth-order valence-electron chi connectivity index (χ4n) is 2.35. The minimum Gasteiger partial charge on any atom is -0.374 e. The molecule has 0 saturated heterocycles. The summed E-state index contributed by atoms with van der Waals surface area (Å²) in [4.78, 5) is 11.2. The summed E-state index contributed by atoms with van der Waals surface area (Å²) in [7, 11) is 0. The van der Waals surface area contributed by atoms with Crippen LogP contribution in [-0.2, 0) is 11.3 Å². The second kappa shape index (κ2) is 7.40. The molecule has 20 heavy (non-hydrogen) atoms. The molecule has 1 saturated carbocycles. The van der Waals surface area contributed by atoms with Crippen LogP contribution in [0.3, 0.4) is 0 Å². The van der Waals surface area contributed by atoms with Gasteiger partial charge in [-0.25, -0.2) is 15.8 Å². The van der Waals surface area contributed by atoms with Crippen LogP contribution in [0.1, 0.15) is 38.9 Å². The van der Waals surface area contributed by atoms with Crippen molar-refractivity contribution in [2.45, 2.75) is 39.7 Å². The summed E-state index contributed by atoms with van der Waals surface area (Å²) >= 11 is 0. The first-order valence-corrected chi connectivity index (χ1v) is 7.44. The average molecular weight is 279 g/mol. The van der Waals surface area contributed by atoms with E-state index in [4.69, 9.17) is 10.6 Å². The van der Waals surface area contributed by atoms with Crippen LogP contribution in [0.2, 0.25) is 0 Å². The molecule has 112 valence electrons. The van der Waals surface area contributed by atoms with Crippen LogP contribution in [0, 0.1) is 5.92 Å². The third-order valence-corrected chi connectivity index (χ3v) is 3.75. The van der Waals surface area contributed by atoms with Crippen LogP contribution in [0.25, 0.3) is 0 Å². The van der Waals surface area contributed by atoms with Crippen LogP contribution in [0.15, 0.2) is 6.07 Å². The number of rotatable bonds is 8. The number of nitrogen functional groups attached to an aromatic ring is 1. The van der Waals surface area contributed by atoms with Gasteiger partial charge in [0.25, 0.3) is 0 Å². The molecule has 1 aromatic heterocycles. The van der Waals surface area contributed by atoms with Crippen molar-refractivity contribution in [3.05, 3.63) is 11.9 Å². The predicted octanol–water partition coefficient (Wildman–Crippen LogP) is 1.93. The molecule has 0 aliphatic heterocycles. The molecule has 6 heteroatoms. The molecule has 0 bridgehead atoms. The molecular weight excluding hydrogens is 254 g/mol. The number of hydrogen-bond donors (Lipinski definition) is 2. The summed E-state index contributed by atoms with van der Waals surface area (Å²) in [5.74, 6) is 8.53. The molecule has 1 heterocycles. The highest BCUT2D eigenvalue weighted by atomic mass is 16.5. The van der Waals surface area contributed by atoms with Crippen molar-refractivity contribution in [2.24, 2.45) is 11.8 Å². The predicted molar refractivity (Wildman–Crippen MR) is 80.4 cm³/mol. The molecule has 1 aliphatic rings. The lowest BCUT2D eigenvalue weighted by atomic mass is 9.85. The monoisotopic (exact) mass is 279 g/mol. The number of aromatic nitrogens is 2. The highest BCUT2D eigenvalue weighted by Crippen LogP contribution is 2.28. The maximum atomic E-state index is 5.50. The average Bonchev–Trinajstić information content (AvgIpc) is 2.43. The molecule has 1 fully saturated rings. The number of hydrogen-bond acceptors (Lipinski definition) is 6. The normalized spacial score (nSPS) is 14.9. The number of ether oxygens (including phenoxy) is 1. The van der Waals surface area contributed by atoms with Gasteiger partial charge in [-0.05, 0) is 32.6 Å². The zero-order valence-corrected chi connectivity index (χ0v) is 12.4. The highest BCUT2D eigenvalue weighted by molar-refractivity contribution is 5.48. The third kappa shape index (κ3) is 3.80. The SMILES string of the molecule is CCOCc1nc(NN)cc(N(CC)CC2CCC2)n1. The van der Waals surface area contributed by atoms with Crippen molar-refractivity contribution < 1.29 is 4.74 Å². The van der Waals surface area contributed by atoms with Crippen molar-refractivity contribution in [3.8, 4) is 0 Å². The highest BCUT2D eigenvalue weighted by Gasteiger charge is 2.21. The molecule has 0 amide bonds. The maximum absolute atomic E-state index is 5.50. The lowest BCUT2D eigenvalue weighted by Crippen LogP contribution is -2.33. The quantitative estimate of drug-likeness (QED) is 0.559. The van der Waals surface area contributed by atoms with Gasteiger partial charge in [0.1, 0.15) is 18.2 Å². The van der Waals surface area contributed by atoms with E-state index in [9.17, 15) is 0 Å². The molecule has 0 spiro atoms. The molecule has 1 aliphatic carbocycles. The Kier molecular flexibility index (Phi) is 5.55. The molecule has 3 N–H and O–H groups in total. The van der Waals surface area contributed by atoms with E-state index < -0.39 is 0 Å². The number of hydrazine groups is 1. The smallest absolute Gasteiger partial charge is 0.158 e. The zero-order valence-electron chi connectivity index (χ0n) is 12.4. The Balaban J connectivity index is 2.13. The van der Waals surface area contributed by atoms with Gasteiger partial charge >= 0.3 is 0 Å². The van der Waals surface area contributed by atoms with Gasteiger partial charge in [0.05, 0.1) is 0 Å². The van der Waals surface area contributed by atoms with E-state index in [1.165, 1.54) is 19.3 Å². The molecule has 1 aromatic rings. The van der Waals surface area contributed by atoms with E-state index in [0.717, 1.165) is 24.8 Å². The first kappa shape index (κ1) is 15.0. The Morgan fingerprint density at radius 1 is 1.40 bits per heavy atom. The van der Waals surface area contributed by atoms with Crippen LogP contribution in [0.4, 0.5) is 11.6 Å². The second-order valence-corrected chi connectivity index (χ2v) is 5.14. The van der Waals surface area contributed by atoms with Crippen molar-refractivity contribution in [3.63, 3.8) is 0 Å². The summed E-state index contributed by atoms with van der Waals surface area (Å²) in [6, 6.07) is 1.90. The third-order valence-electron chi connectivity index (χ3n) is 3.75. The van der Waals surface area contributed by atoms with Crippen molar-refractivity contribution in [1.82, 2.24) is 9.97 Å². The van der Waals surface area contributed by atoms with E-state index in [2.05, 4.69) is 27.2 Å². The van der Waals surface area contributed by atoms with Gasteiger partial charge in [0, 0.05) is 25.8 Å². The molecule has 2 rings (SSSR count). The molecule has 0 unspecified atom stereocenters. The van der Waals surface area contributed by atoms with E-state index in [0.29, 0.717) is 24.9 Å². The Morgan fingerprint density at radius 2 is 2.20 bits per heavy atom. The Hall–Kier alpha value is -1.40. The van der Waals surface area contributed by atoms with Gasteiger partial charge in [-0.2, -0.15) is 0 Å². The first-order chi connectivity index (χ1) is 9.76. The minimum absolute atomic E-state index is 0.417. The molecule has 6 nitrogen and oxygen atoms in total. The summed E-state index contributed by atoms with van der Waals surface area (Å²) in [5, 5.41) is 0. The number of nitrogens with one attached hydrogen (secondary N) is 1. The van der Waals surface area contributed by atoms with Crippen molar-refractivity contribution in [1.29, 1.82) is 0 Å². The standard InChI is InChI=1S/C14H25N5O/c1-3-19(9-11-6-5-7-11)14-8-12(18-15)16-13(17-14)10-20-4-2/h8,11H,3-7,9-10,15H2,1-2H3,(H,16,17,18). The largest absolute Gasteiger partial charge is 0.374 e. The Labute approximate surface area is 120 Å². The Bertz CT molecular complexity index is 422. The number of anilines is 2. The molecule has 0 radical (unpaired) electrons. The van der Waals surface area contributed by atoms with Crippen LogP contribution < -0.4 is 16.2 Å². The summed E-state index contributed by atoms with van der Waals surface area (Å²) in [6.45, 7) is 7.18. The van der Waals surface area contributed by atoms with Crippen LogP contribution in [0.5, 0.6) is 0 Å². The zero-order chi connectivity index (χ0) is 14.4. The van der Waals surface area contributed by atoms with Gasteiger partial charge in [-0.1, -0.05) is 6.42 Å². The number of nitrogens with two attached hydrogens (primary N) is 1. The van der Waals surface area contributed by atoms with Gasteiger partial charge in [0.15, 0.2) is 5.82 Å². The molecule has 0 atom stereocenters. The first-order valence-electron chi connectivity index (χ1n) is 7.44. The van der Waals surface area contributed by atoms with Gasteiger partial charge in [-0.3, -0.25) is 0 Å². The lowest BCUT2D eigenvalue weighted by Gasteiger charge is -2.32. The molecular formula is C14H25N5O. The van der Waals surface area contributed by atoms with E-state index in [1.54, 1.807) is 0 Å². The van der Waals surface area contributed by atoms with Crippen LogP contribution in [-0.4, -0.2) is 29.7 Å². The number of nitrogens with zero attached hydrogens (tertiary/aromatic N) is 3. The van der Waals surface area contributed by atoms with Gasteiger partial charge in [-0.15, -0.1) is 0 Å². The topological polar surface area (TPSA) is 76.3 Å². The second-order valence-electron chi connectivity index (χ2n) is 5.14. The fraction of sp³-hybridized carbons (Fsp3) is 0.714. The lowest BCUT2D eigenvalue weighted by molar-refractivity contribution is 0.128. The van der Waals surface area contributed by atoms with E-state index >= 15 is 0 Å². The maximum Gasteiger partial charge on any atom is 0.158 e. The van der Waals surface area contributed by atoms with Crippen molar-refractivity contribution in [2.75, 3.05) is 30.0 Å². The summed E-state index contributed by atoms with van der Waals surface area (Å²) in [5.41, 5.74) is 2.61. The van der Waals surface area contributed by atoms with Crippen LogP contribution >= 0.6 is 0 Å². The van der Waals surface area contributed by atoms with Gasteiger partial charge in [0.2, 0.25) is 0 Å². The molecule has 0 aromatic carbocycles. The Morgan fingerprint density at radius 3 is 2.75 bits per heavy atom. The van der Waals surface area contributed by atoms with Crippen molar-refractivity contribution >= 4 is 11.6 Å². The summed E-state index contributed by atoms with van der Waals surface area (Å²) in [6.07, 6.45) is 4.02. The summed E-state index contributed by atoms with van der Waals surface area (Å²) < 4.78 is 5.39.